The summed E-state index contributed by atoms with van der Waals surface area (Å²) in [5.74, 6) is -0.109. The van der Waals surface area contributed by atoms with Gasteiger partial charge in [0, 0.05) is 4.91 Å². The summed E-state index contributed by atoms with van der Waals surface area (Å²) in [5.41, 5.74) is 8.40. The van der Waals surface area contributed by atoms with Crippen LogP contribution in [0.4, 0.5) is 0 Å². The topological polar surface area (TPSA) is 109 Å². The number of aliphatic hydroxyl groups is 2. The third kappa shape index (κ3) is 3.01. The molecule has 2 unspecified atom stereocenters. The van der Waals surface area contributed by atoms with E-state index in [0.717, 1.165) is 0 Å². The Morgan fingerprint density at radius 1 is 1.44 bits per heavy atom. The number of aromatic hydroxyl groups is 1. The lowest BCUT2D eigenvalue weighted by molar-refractivity contribution is 0.0244. The molecule has 7 heteroatoms. The maximum absolute atomic E-state index is 9.66. The van der Waals surface area contributed by atoms with E-state index in [1.807, 2.05) is 0 Å². The molecule has 0 saturated carbocycles. The van der Waals surface area contributed by atoms with Crippen molar-refractivity contribution in [2.24, 2.45) is 5.11 Å². The van der Waals surface area contributed by atoms with Crippen molar-refractivity contribution in [2.75, 3.05) is 6.54 Å². The van der Waals surface area contributed by atoms with Crippen LogP contribution in [-0.2, 0) is 0 Å². The lowest BCUT2D eigenvalue weighted by Gasteiger charge is -2.16. The minimum atomic E-state index is -1.22. The fourth-order valence-electron chi connectivity index (χ4n) is 1.15. The number of rotatable bonds is 4. The van der Waals surface area contributed by atoms with Gasteiger partial charge in [0.2, 0.25) is 0 Å². The van der Waals surface area contributed by atoms with Crippen LogP contribution in [-0.4, -0.2) is 28.0 Å². The van der Waals surface area contributed by atoms with E-state index in [4.69, 9.17) is 22.2 Å². The Labute approximate surface area is 96.3 Å². The van der Waals surface area contributed by atoms with Crippen LogP contribution in [0.3, 0.4) is 0 Å². The van der Waals surface area contributed by atoms with E-state index in [0.29, 0.717) is 5.56 Å². The molecule has 2 atom stereocenters. The zero-order chi connectivity index (χ0) is 12.1. The van der Waals surface area contributed by atoms with E-state index in [1.54, 1.807) is 0 Å². The smallest absolute Gasteiger partial charge is 0.134 e. The highest BCUT2D eigenvalue weighted by Gasteiger charge is 2.18. The van der Waals surface area contributed by atoms with Gasteiger partial charge < -0.3 is 15.3 Å². The number of phenolic OH excluding ortho intramolecular Hbond substituents is 1. The van der Waals surface area contributed by atoms with Gasteiger partial charge in [-0.2, -0.15) is 0 Å². The largest absolute Gasteiger partial charge is 0.506 e. The molecule has 0 aliphatic heterocycles. The van der Waals surface area contributed by atoms with Crippen LogP contribution >= 0.6 is 11.6 Å². The number of halogens is 1. The Kier molecular flexibility index (Phi) is 4.39. The van der Waals surface area contributed by atoms with Crippen LogP contribution in [0.25, 0.3) is 10.4 Å². The summed E-state index contributed by atoms with van der Waals surface area (Å²) >= 11 is 5.64. The van der Waals surface area contributed by atoms with Gasteiger partial charge in [-0.3, -0.25) is 0 Å². The third-order valence-corrected chi connectivity index (χ3v) is 2.31. The number of benzene rings is 1. The van der Waals surface area contributed by atoms with Crippen LogP contribution in [0.5, 0.6) is 5.75 Å². The average Bonchev–Trinajstić information content (AvgIpc) is 2.28. The Morgan fingerprint density at radius 3 is 2.69 bits per heavy atom. The molecule has 0 spiro atoms. The molecule has 6 nitrogen and oxygen atoms in total. The molecule has 1 aromatic rings. The summed E-state index contributed by atoms with van der Waals surface area (Å²) in [4.78, 5) is 2.47. The monoisotopic (exact) mass is 243 g/mol. The van der Waals surface area contributed by atoms with Gasteiger partial charge >= 0.3 is 0 Å². The second kappa shape index (κ2) is 5.58. The van der Waals surface area contributed by atoms with Gasteiger partial charge in [-0.25, -0.2) is 0 Å². The zero-order valence-electron chi connectivity index (χ0n) is 8.16. The van der Waals surface area contributed by atoms with Crippen molar-refractivity contribution in [3.63, 3.8) is 0 Å². The zero-order valence-corrected chi connectivity index (χ0v) is 8.91. The summed E-state index contributed by atoms with van der Waals surface area (Å²) in [5, 5.41) is 31.5. The van der Waals surface area contributed by atoms with Crippen molar-refractivity contribution in [3.8, 4) is 5.75 Å². The predicted octanol–water partition coefficient (Wildman–Crippen LogP) is 1.75. The van der Waals surface area contributed by atoms with E-state index >= 15 is 0 Å². The van der Waals surface area contributed by atoms with Gasteiger partial charge in [0.1, 0.15) is 11.9 Å². The van der Waals surface area contributed by atoms with E-state index in [9.17, 15) is 10.2 Å². The van der Waals surface area contributed by atoms with E-state index in [2.05, 4.69) is 10.0 Å². The molecule has 0 aromatic heterocycles. The van der Waals surface area contributed by atoms with E-state index in [-0.39, 0.29) is 17.3 Å². The standard InChI is InChI=1S/C9H10ClN3O3/c10-6-3-5(1-2-7(6)14)9(16)8(15)4-12-13-11/h1-3,8-9,14-16H,4H2. The minimum Gasteiger partial charge on any atom is -0.506 e. The molecule has 0 fully saturated rings. The SMILES string of the molecule is [N-]=[N+]=NCC(O)C(O)c1ccc(O)c(Cl)c1. The molecule has 1 rings (SSSR count). The fraction of sp³-hybridized carbons (Fsp3) is 0.333. The van der Waals surface area contributed by atoms with Crippen molar-refractivity contribution in [2.45, 2.75) is 12.2 Å². The molecule has 0 bridgehead atoms. The average molecular weight is 244 g/mol. The first kappa shape index (κ1) is 12.6. The van der Waals surface area contributed by atoms with Gasteiger partial charge in [-0.1, -0.05) is 22.8 Å². The molecule has 86 valence electrons. The summed E-state index contributed by atoms with van der Waals surface area (Å²) in [6.07, 6.45) is -2.43. The Balaban J connectivity index is 2.82. The lowest BCUT2D eigenvalue weighted by atomic mass is 10.0. The quantitative estimate of drug-likeness (QED) is 0.426. The van der Waals surface area contributed by atoms with E-state index < -0.39 is 12.2 Å². The highest BCUT2D eigenvalue weighted by molar-refractivity contribution is 6.32. The first-order chi connectivity index (χ1) is 7.56. The van der Waals surface area contributed by atoms with Crippen LogP contribution < -0.4 is 0 Å². The number of phenols is 1. The van der Waals surface area contributed by atoms with Crippen molar-refractivity contribution in [1.29, 1.82) is 0 Å². The van der Waals surface area contributed by atoms with Crippen LogP contribution in [0, 0.1) is 0 Å². The van der Waals surface area contributed by atoms with Crippen molar-refractivity contribution < 1.29 is 15.3 Å². The molecule has 0 radical (unpaired) electrons. The molecule has 0 amide bonds. The second-order valence-electron chi connectivity index (χ2n) is 3.14. The van der Waals surface area contributed by atoms with Crippen LogP contribution in [0.1, 0.15) is 11.7 Å². The number of hydrogen-bond donors (Lipinski definition) is 3. The normalized spacial score (nSPS) is 13.9. The molecule has 1 aromatic carbocycles. The van der Waals surface area contributed by atoms with Crippen molar-refractivity contribution >= 4 is 11.6 Å². The van der Waals surface area contributed by atoms with Gasteiger partial charge in [-0.15, -0.1) is 0 Å². The van der Waals surface area contributed by atoms with E-state index in [1.165, 1.54) is 18.2 Å². The minimum absolute atomic E-state index is 0.0764. The van der Waals surface area contributed by atoms with Crippen LogP contribution in [0.2, 0.25) is 5.02 Å². The predicted molar refractivity (Wildman–Crippen MR) is 58.1 cm³/mol. The number of hydrogen-bond acceptors (Lipinski definition) is 4. The molecule has 0 aliphatic carbocycles. The van der Waals surface area contributed by atoms with Crippen molar-refractivity contribution in [3.05, 3.63) is 39.2 Å². The molecular weight excluding hydrogens is 234 g/mol. The Morgan fingerprint density at radius 2 is 2.12 bits per heavy atom. The van der Waals surface area contributed by atoms with Gasteiger partial charge in [0.15, 0.2) is 0 Å². The maximum atomic E-state index is 9.66. The highest BCUT2D eigenvalue weighted by atomic mass is 35.5. The molecular formula is C9H10ClN3O3. The van der Waals surface area contributed by atoms with Gasteiger partial charge in [0.05, 0.1) is 17.7 Å². The number of azide groups is 1. The molecule has 0 aliphatic rings. The molecule has 16 heavy (non-hydrogen) atoms. The molecule has 3 N–H and O–H groups in total. The highest BCUT2D eigenvalue weighted by Crippen LogP contribution is 2.27. The first-order valence-electron chi connectivity index (χ1n) is 4.41. The molecule has 0 saturated heterocycles. The summed E-state index contributed by atoms with van der Waals surface area (Å²) in [6, 6.07) is 4.06. The molecule has 0 heterocycles. The summed E-state index contributed by atoms with van der Waals surface area (Å²) in [7, 11) is 0. The third-order valence-electron chi connectivity index (χ3n) is 2.01. The first-order valence-corrected chi connectivity index (χ1v) is 4.79. The summed E-state index contributed by atoms with van der Waals surface area (Å²) in [6.45, 7) is -0.240. The summed E-state index contributed by atoms with van der Waals surface area (Å²) < 4.78 is 0. The van der Waals surface area contributed by atoms with Gasteiger partial charge in [-0.05, 0) is 23.2 Å². The maximum Gasteiger partial charge on any atom is 0.134 e. The fourth-order valence-corrected chi connectivity index (χ4v) is 1.34. The number of nitrogens with zero attached hydrogens (tertiary/aromatic N) is 3. The van der Waals surface area contributed by atoms with Gasteiger partial charge in [0.25, 0.3) is 0 Å². The number of aliphatic hydroxyl groups excluding tert-OH is 2. The second-order valence-corrected chi connectivity index (χ2v) is 3.54. The lowest BCUT2D eigenvalue weighted by Crippen LogP contribution is -2.21. The Bertz CT molecular complexity index is 420. The Hall–Kier alpha value is -1.46. The van der Waals surface area contributed by atoms with Crippen molar-refractivity contribution in [1.82, 2.24) is 0 Å². The van der Waals surface area contributed by atoms with Crippen LogP contribution in [0.15, 0.2) is 23.3 Å².